The molecule has 1 amide bonds. The lowest BCUT2D eigenvalue weighted by Crippen LogP contribution is -2.67. The lowest BCUT2D eigenvalue weighted by Gasteiger charge is -2.44. The number of amides is 1. The van der Waals surface area contributed by atoms with E-state index in [4.69, 9.17) is 33.2 Å². The number of ether oxygens (including phenoxy) is 8. The van der Waals surface area contributed by atoms with Gasteiger partial charge in [-0.3, -0.25) is 14.4 Å². The summed E-state index contributed by atoms with van der Waals surface area (Å²) in [6.45, 7) is -0.914. The highest BCUT2D eigenvalue weighted by Gasteiger charge is 2.73. The van der Waals surface area contributed by atoms with E-state index in [1.807, 2.05) is 0 Å². The van der Waals surface area contributed by atoms with Gasteiger partial charge in [0, 0.05) is 50.0 Å². The molecular weight excluding hydrogens is 951 g/mol. The van der Waals surface area contributed by atoms with Crippen LogP contribution in [0.5, 0.6) is 17.4 Å². The first-order valence-electron chi connectivity index (χ1n) is 20.3. The lowest BCUT2D eigenvalue weighted by atomic mass is 9.91. The van der Waals surface area contributed by atoms with E-state index in [9.17, 15) is 59.4 Å². The molecule has 368 valence electrons. The Morgan fingerprint density at radius 2 is 1.49 bits per heavy atom. The number of nitrogens with one attached hydrogen (secondary N) is 1. The SMILES string of the molecule is CC(=O)OC[C@H]1O[C@@H](Oc2ccc(C[C@@H](c3ccc(OC(F)F)c(OC4CC4)c3)c3cnc(C(O)(C(F)(F)F)C(F)(F)F)s3)cn2)[C@H](NC(=O)OCc2ccccc2)[C@@H](OC(C)=O)[C@@H]1OC(C)=O. The Balaban J connectivity index is 1.34. The lowest BCUT2D eigenvalue weighted by molar-refractivity contribution is -0.376. The molecule has 25 heteroatoms. The maximum absolute atomic E-state index is 13.9. The van der Waals surface area contributed by atoms with Gasteiger partial charge in [-0.15, -0.1) is 11.3 Å². The highest BCUT2D eigenvalue weighted by molar-refractivity contribution is 7.11. The highest BCUT2D eigenvalue weighted by atomic mass is 32.1. The van der Waals surface area contributed by atoms with Crippen LogP contribution in [0, 0.1) is 0 Å². The molecule has 6 atom stereocenters. The van der Waals surface area contributed by atoms with Crippen LogP contribution in [-0.4, -0.2) is 101 Å². The van der Waals surface area contributed by atoms with Gasteiger partial charge < -0.3 is 48.3 Å². The van der Waals surface area contributed by atoms with E-state index in [0.29, 0.717) is 18.4 Å². The van der Waals surface area contributed by atoms with Crippen molar-refractivity contribution < 1.29 is 97.3 Å². The molecule has 0 spiro atoms. The molecule has 2 aliphatic rings. The number of esters is 3. The summed E-state index contributed by atoms with van der Waals surface area (Å²) < 4.78 is 154. The van der Waals surface area contributed by atoms with Gasteiger partial charge in [0.15, 0.2) is 23.7 Å². The molecule has 0 radical (unpaired) electrons. The predicted octanol–water partition coefficient (Wildman–Crippen LogP) is 7.19. The quantitative estimate of drug-likeness (QED) is 0.0576. The zero-order chi connectivity index (χ0) is 49.6. The maximum atomic E-state index is 13.9. The molecule has 0 bridgehead atoms. The number of nitrogens with zero attached hydrogens (tertiary/aromatic N) is 2. The highest BCUT2D eigenvalue weighted by Crippen LogP contribution is 2.52. The minimum Gasteiger partial charge on any atom is -0.487 e. The summed E-state index contributed by atoms with van der Waals surface area (Å²) in [5.74, 6) is -4.57. The fourth-order valence-corrected chi connectivity index (χ4v) is 7.98. The summed E-state index contributed by atoms with van der Waals surface area (Å²) in [4.78, 5) is 57.3. The van der Waals surface area contributed by atoms with Crippen LogP contribution in [0.1, 0.15) is 66.1 Å². The van der Waals surface area contributed by atoms with Gasteiger partial charge in [-0.25, -0.2) is 14.8 Å². The summed E-state index contributed by atoms with van der Waals surface area (Å²) in [6, 6.07) is 13.2. The smallest absolute Gasteiger partial charge is 0.433 e. The second kappa shape index (κ2) is 21.3. The zero-order valence-electron chi connectivity index (χ0n) is 35.8. The number of rotatable bonds is 18. The van der Waals surface area contributed by atoms with E-state index in [1.54, 1.807) is 30.3 Å². The Bertz CT molecular complexity index is 2370. The van der Waals surface area contributed by atoms with Gasteiger partial charge in [-0.1, -0.05) is 42.5 Å². The first-order valence-corrected chi connectivity index (χ1v) is 21.1. The molecular formula is C43H41F8N3O13S. The predicted molar refractivity (Wildman–Crippen MR) is 215 cm³/mol. The first-order chi connectivity index (χ1) is 32.0. The molecule has 1 saturated carbocycles. The van der Waals surface area contributed by atoms with Gasteiger partial charge in [-0.05, 0) is 48.1 Å². The van der Waals surface area contributed by atoms with Crippen LogP contribution in [-0.2, 0) is 56.7 Å². The number of aliphatic hydroxyl groups is 1. The van der Waals surface area contributed by atoms with Gasteiger partial charge in [0.25, 0.3) is 0 Å². The molecule has 3 heterocycles. The Kier molecular flexibility index (Phi) is 16.0. The molecule has 1 aliphatic carbocycles. The molecule has 0 unspecified atom stereocenters. The van der Waals surface area contributed by atoms with Crippen molar-refractivity contribution in [3.63, 3.8) is 0 Å². The number of carbonyl (C=O) groups is 4. The Hall–Kier alpha value is -6.34. The number of hydrogen-bond acceptors (Lipinski definition) is 16. The van der Waals surface area contributed by atoms with Crippen molar-refractivity contribution in [2.45, 2.75) is 114 Å². The summed E-state index contributed by atoms with van der Waals surface area (Å²) in [5.41, 5.74) is -4.36. The number of aromatic nitrogens is 2. The second-order valence-corrected chi connectivity index (χ2v) is 16.3. The summed E-state index contributed by atoms with van der Waals surface area (Å²) in [7, 11) is 0. The second-order valence-electron chi connectivity index (χ2n) is 15.3. The molecule has 6 rings (SSSR count). The average molecular weight is 992 g/mol. The van der Waals surface area contributed by atoms with Crippen molar-refractivity contribution in [1.82, 2.24) is 15.3 Å². The van der Waals surface area contributed by atoms with Gasteiger partial charge in [0.1, 0.15) is 30.4 Å². The van der Waals surface area contributed by atoms with Crippen LogP contribution in [0.4, 0.5) is 39.9 Å². The largest absolute Gasteiger partial charge is 0.487 e. The molecule has 4 aromatic rings. The number of pyridine rings is 1. The van der Waals surface area contributed by atoms with Crippen LogP contribution in [0.2, 0.25) is 0 Å². The third-order valence-electron chi connectivity index (χ3n) is 10.1. The summed E-state index contributed by atoms with van der Waals surface area (Å²) >= 11 is -0.0879. The van der Waals surface area contributed by atoms with Gasteiger partial charge in [-0.2, -0.15) is 35.1 Å². The zero-order valence-corrected chi connectivity index (χ0v) is 36.6. The van der Waals surface area contributed by atoms with Gasteiger partial charge in [0.2, 0.25) is 12.2 Å². The van der Waals surface area contributed by atoms with Crippen LogP contribution >= 0.6 is 11.3 Å². The number of thiazole rings is 1. The Morgan fingerprint density at radius 3 is 2.07 bits per heavy atom. The van der Waals surface area contributed by atoms with E-state index < -0.39 is 102 Å². The number of hydrogen-bond donors (Lipinski definition) is 2. The van der Waals surface area contributed by atoms with E-state index in [1.165, 1.54) is 30.5 Å². The standard InChI is InChI=1S/C43H41F8N3O13S/c1-21(55)60-20-31-35(62-22(2)56)36(63-23(3)57)34(54-40(58)61-19-24-7-5-4-6-8-24)37(65-31)67-33-14-9-25(17-52-33)15-28(26-10-13-29(66-39(44)45)30(16-26)64-27-11-12-27)32-18-53-38(68-32)41(59,42(46,47)48)43(49,50)51/h4-10,13-14,16-18,27-28,31,34-37,39,59H,11-12,15,19-20H2,1-3H3,(H,54,58)/t28-,31+,34+,35+,36+,37-/m0/s1. The number of carbonyl (C=O) groups excluding carboxylic acids is 4. The molecule has 68 heavy (non-hydrogen) atoms. The van der Waals surface area contributed by atoms with Crippen LogP contribution in [0.25, 0.3) is 0 Å². The van der Waals surface area contributed by atoms with Gasteiger partial charge in [0.05, 0.1) is 6.10 Å². The summed E-state index contributed by atoms with van der Waals surface area (Å²) in [5, 5.41) is 10.9. The topological polar surface area (TPSA) is 200 Å². The summed E-state index contributed by atoms with van der Waals surface area (Å²) in [6.07, 6.45) is -17.3. The van der Waals surface area contributed by atoms with Crippen molar-refractivity contribution in [1.29, 1.82) is 0 Å². The van der Waals surface area contributed by atoms with Crippen molar-refractivity contribution in [2.75, 3.05) is 6.61 Å². The third kappa shape index (κ3) is 12.8. The molecule has 2 fully saturated rings. The Morgan fingerprint density at radius 1 is 0.809 bits per heavy atom. The fraction of sp³-hybridized carbons (Fsp3) is 0.442. The number of alkyl carbamates (subject to hydrolysis) is 1. The molecule has 2 aromatic heterocycles. The fourth-order valence-electron chi connectivity index (χ4n) is 6.81. The molecule has 16 nitrogen and oxygen atoms in total. The molecule has 1 aliphatic heterocycles. The Labute approximate surface area is 384 Å². The third-order valence-corrected chi connectivity index (χ3v) is 11.3. The van der Waals surface area contributed by atoms with Gasteiger partial charge >= 0.3 is 48.6 Å². The number of alkyl halides is 8. The van der Waals surface area contributed by atoms with Crippen molar-refractivity contribution in [3.8, 4) is 17.4 Å². The number of halogens is 8. The van der Waals surface area contributed by atoms with E-state index in [2.05, 4.69) is 20.0 Å². The normalized spacial score (nSPS) is 20.2. The van der Waals surface area contributed by atoms with Crippen LogP contribution in [0.15, 0.2) is 73.1 Å². The van der Waals surface area contributed by atoms with E-state index >= 15 is 0 Å². The van der Waals surface area contributed by atoms with Crippen molar-refractivity contribution in [3.05, 3.63) is 99.6 Å². The number of benzene rings is 2. The average Bonchev–Trinajstić information content (AvgIpc) is 3.94. The van der Waals surface area contributed by atoms with E-state index in [-0.39, 0.29) is 58.1 Å². The van der Waals surface area contributed by atoms with Crippen LogP contribution in [0.3, 0.4) is 0 Å². The van der Waals surface area contributed by atoms with E-state index in [0.717, 1.165) is 33.0 Å². The van der Waals surface area contributed by atoms with Crippen molar-refractivity contribution in [2.24, 2.45) is 0 Å². The first kappa shape index (κ1) is 51.1. The van der Waals surface area contributed by atoms with Crippen molar-refractivity contribution >= 4 is 35.3 Å². The monoisotopic (exact) mass is 991 g/mol. The maximum Gasteiger partial charge on any atom is 0.433 e. The minimum absolute atomic E-state index is 0.0879. The molecule has 2 aromatic carbocycles. The molecule has 1 saturated heterocycles. The minimum atomic E-state index is -6.24. The van der Waals surface area contributed by atoms with Crippen LogP contribution < -0.4 is 19.5 Å². The molecule has 2 N–H and O–H groups in total.